The SMILES string of the molecule is C=C(Nc1ccccc1)C1=C(NCc2ccncc2)COCC1=O. The van der Waals surface area contributed by atoms with E-state index < -0.39 is 0 Å². The quantitative estimate of drug-likeness (QED) is 0.856. The molecule has 0 atom stereocenters. The van der Waals surface area contributed by atoms with Gasteiger partial charge >= 0.3 is 0 Å². The van der Waals surface area contributed by atoms with Gasteiger partial charge in [0.05, 0.1) is 17.9 Å². The number of para-hydroxylation sites is 1. The lowest BCUT2D eigenvalue weighted by atomic mass is 10.0. The molecule has 1 aromatic carbocycles. The Labute approximate surface area is 141 Å². The van der Waals surface area contributed by atoms with Gasteiger partial charge in [-0.3, -0.25) is 9.78 Å². The lowest BCUT2D eigenvalue weighted by Gasteiger charge is -2.23. The van der Waals surface area contributed by atoms with Crippen molar-refractivity contribution in [2.75, 3.05) is 18.5 Å². The Morgan fingerprint density at radius 2 is 1.88 bits per heavy atom. The number of nitrogens with zero attached hydrogens (tertiary/aromatic N) is 1. The smallest absolute Gasteiger partial charge is 0.192 e. The average molecular weight is 321 g/mol. The third-order valence-electron chi connectivity index (χ3n) is 3.69. The summed E-state index contributed by atoms with van der Waals surface area (Å²) in [6, 6.07) is 13.5. The van der Waals surface area contributed by atoms with E-state index in [1.165, 1.54) is 0 Å². The van der Waals surface area contributed by atoms with E-state index in [0.717, 1.165) is 16.9 Å². The summed E-state index contributed by atoms with van der Waals surface area (Å²) in [6.07, 6.45) is 3.48. The van der Waals surface area contributed by atoms with E-state index in [1.54, 1.807) is 12.4 Å². The molecule has 3 rings (SSSR count). The molecule has 1 aliphatic heterocycles. The van der Waals surface area contributed by atoms with Crippen LogP contribution in [0.4, 0.5) is 5.69 Å². The summed E-state index contributed by atoms with van der Waals surface area (Å²) in [7, 11) is 0. The first-order chi connectivity index (χ1) is 11.7. The van der Waals surface area contributed by atoms with Gasteiger partial charge in [-0.2, -0.15) is 0 Å². The maximum Gasteiger partial charge on any atom is 0.192 e. The van der Waals surface area contributed by atoms with Gasteiger partial charge in [0.2, 0.25) is 0 Å². The molecule has 2 heterocycles. The minimum absolute atomic E-state index is 0.0747. The number of hydrogen-bond donors (Lipinski definition) is 2. The number of carbonyl (C=O) groups excluding carboxylic acids is 1. The lowest BCUT2D eigenvalue weighted by molar-refractivity contribution is -0.120. The van der Waals surface area contributed by atoms with Crippen LogP contribution in [0, 0.1) is 0 Å². The van der Waals surface area contributed by atoms with Gasteiger partial charge in [0.25, 0.3) is 0 Å². The first-order valence-corrected chi connectivity index (χ1v) is 7.72. The molecule has 24 heavy (non-hydrogen) atoms. The van der Waals surface area contributed by atoms with Gasteiger partial charge in [0.1, 0.15) is 6.61 Å². The van der Waals surface area contributed by atoms with Crippen molar-refractivity contribution >= 4 is 11.5 Å². The van der Waals surface area contributed by atoms with Crippen molar-refractivity contribution in [2.45, 2.75) is 6.54 Å². The molecule has 0 spiro atoms. The number of hydrogen-bond acceptors (Lipinski definition) is 5. The van der Waals surface area contributed by atoms with Crippen molar-refractivity contribution in [3.63, 3.8) is 0 Å². The fraction of sp³-hybridized carbons (Fsp3) is 0.158. The standard InChI is InChI=1S/C19H19N3O2/c1-14(22-16-5-3-2-4-6-16)19-17(12-24-13-18(19)23)21-11-15-7-9-20-10-8-15/h2-10,21-22H,1,11-13H2. The summed E-state index contributed by atoms with van der Waals surface area (Å²) in [5.41, 5.74) is 3.86. The van der Waals surface area contributed by atoms with Gasteiger partial charge in [-0.15, -0.1) is 0 Å². The second kappa shape index (κ2) is 7.57. The Kier molecular flexibility index (Phi) is 5.03. The minimum atomic E-state index is -0.0769. The first-order valence-electron chi connectivity index (χ1n) is 7.72. The average Bonchev–Trinajstić information content (AvgIpc) is 2.61. The molecule has 5 heteroatoms. The molecule has 0 aliphatic carbocycles. The van der Waals surface area contributed by atoms with Crippen LogP contribution in [0.5, 0.6) is 0 Å². The summed E-state index contributed by atoms with van der Waals surface area (Å²) >= 11 is 0. The van der Waals surface area contributed by atoms with Crippen LogP contribution in [0.1, 0.15) is 5.56 Å². The van der Waals surface area contributed by atoms with Crippen LogP contribution < -0.4 is 10.6 Å². The van der Waals surface area contributed by atoms with E-state index >= 15 is 0 Å². The fourth-order valence-electron chi connectivity index (χ4n) is 2.52. The molecule has 2 aromatic rings. The summed E-state index contributed by atoms with van der Waals surface area (Å²) in [4.78, 5) is 16.3. The fourth-order valence-corrected chi connectivity index (χ4v) is 2.52. The van der Waals surface area contributed by atoms with E-state index in [9.17, 15) is 4.79 Å². The van der Waals surface area contributed by atoms with E-state index in [2.05, 4.69) is 22.2 Å². The normalized spacial score (nSPS) is 14.4. The number of anilines is 1. The van der Waals surface area contributed by atoms with E-state index in [-0.39, 0.29) is 12.4 Å². The number of rotatable bonds is 6. The zero-order valence-corrected chi connectivity index (χ0v) is 13.3. The molecule has 0 unspecified atom stereocenters. The van der Waals surface area contributed by atoms with Crippen LogP contribution in [0.2, 0.25) is 0 Å². The molecule has 1 aliphatic rings. The summed E-state index contributed by atoms with van der Waals surface area (Å²) in [5, 5.41) is 6.48. The van der Waals surface area contributed by atoms with Gasteiger partial charge in [0.15, 0.2) is 5.78 Å². The predicted octanol–water partition coefficient (Wildman–Crippen LogP) is 2.65. The Morgan fingerprint density at radius 3 is 2.62 bits per heavy atom. The summed E-state index contributed by atoms with van der Waals surface area (Å²) < 4.78 is 5.36. The predicted molar refractivity (Wildman–Crippen MR) is 93.1 cm³/mol. The number of benzene rings is 1. The van der Waals surface area contributed by atoms with Crippen LogP contribution >= 0.6 is 0 Å². The van der Waals surface area contributed by atoms with Crippen molar-refractivity contribution in [1.82, 2.24) is 10.3 Å². The largest absolute Gasteiger partial charge is 0.382 e. The van der Waals surface area contributed by atoms with Crippen molar-refractivity contribution in [3.8, 4) is 0 Å². The van der Waals surface area contributed by atoms with Gasteiger partial charge in [-0.1, -0.05) is 24.8 Å². The number of aromatic nitrogens is 1. The second-order valence-corrected chi connectivity index (χ2v) is 5.45. The Morgan fingerprint density at radius 1 is 1.12 bits per heavy atom. The maximum atomic E-state index is 12.3. The van der Waals surface area contributed by atoms with Crippen molar-refractivity contribution in [2.24, 2.45) is 0 Å². The van der Waals surface area contributed by atoms with Crippen molar-refractivity contribution in [1.29, 1.82) is 0 Å². The summed E-state index contributed by atoms with van der Waals surface area (Å²) in [5.74, 6) is -0.0769. The molecule has 0 bridgehead atoms. The molecule has 122 valence electrons. The monoisotopic (exact) mass is 321 g/mol. The highest BCUT2D eigenvalue weighted by Crippen LogP contribution is 2.20. The zero-order valence-electron chi connectivity index (χ0n) is 13.3. The third kappa shape index (κ3) is 3.88. The van der Waals surface area contributed by atoms with Crippen LogP contribution in [-0.4, -0.2) is 24.0 Å². The molecule has 2 N–H and O–H groups in total. The summed E-state index contributed by atoms with van der Waals surface area (Å²) in [6.45, 7) is 5.07. The number of ether oxygens (including phenoxy) is 1. The van der Waals surface area contributed by atoms with Crippen LogP contribution in [0.3, 0.4) is 0 Å². The van der Waals surface area contributed by atoms with Crippen LogP contribution in [-0.2, 0) is 16.1 Å². The number of nitrogens with one attached hydrogen (secondary N) is 2. The molecule has 5 nitrogen and oxygen atoms in total. The number of carbonyl (C=O) groups is 1. The Hall–Kier alpha value is -2.92. The molecular weight excluding hydrogens is 302 g/mol. The number of pyridine rings is 1. The number of allylic oxidation sites excluding steroid dienone is 1. The van der Waals surface area contributed by atoms with Crippen LogP contribution in [0.25, 0.3) is 0 Å². The van der Waals surface area contributed by atoms with E-state index in [4.69, 9.17) is 4.74 Å². The van der Waals surface area contributed by atoms with Gasteiger partial charge in [-0.25, -0.2) is 0 Å². The molecular formula is C19H19N3O2. The first kappa shape index (κ1) is 16.0. The van der Waals surface area contributed by atoms with E-state index in [1.807, 2.05) is 42.5 Å². The highest BCUT2D eigenvalue weighted by Gasteiger charge is 2.23. The molecule has 0 radical (unpaired) electrons. The highest BCUT2D eigenvalue weighted by atomic mass is 16.5. The molecule has 0 amide bonds. The third-order valence-corrected chi connectivity index (χ3v) is 3.69. The van der Waals surface area contributed by atoms with Crippen LogP contribution in [0.15, 0.2) is 78.4 Å². The van der Waals surface area contributed by atoms with E-state index in [0.29, 0.717) is 24.4 Å². The zero-order chi connectivity index (χ0) is 16.8. The number of ketones is 1. The maximum absolute atomic E-state index is 12.3. The Balaban J connectivity index is 1.78. The number of Topliss-reactive ketones (excluding diaryl/α,β-unsaturated/α-hetero) is 1. The van der Waals surface area contributed by atoms with Gasteiger partial charge in [0, 0.05) is 30.3 Å². The molecule has 1 aromatic heterocycles. The lowest BCUT2D eigenvalue weighted by Crippen LogP contribution is -2.31. The minimum Gasteiger partial charge on any atom is -0.382 e. The molecule has 0 saturated carbocycles. The van der Waals surface area contributed by atoms with Crippen molar-refractivity contribution < 1.29 is 9.53 Å². The van der Waals surface area contributed by atoms with Gasteiger partial charge < -0.3 is 15.4 Å². The molecule has 0 saturated heterocycles. The highest BCUT2D eigenvalue weighted by molar-refractivity contribution is 6.02. The Bertz CT molecular complexity index is 755. The second-order valence-electron chi connectivity index (χ2n) is 5.45. The molecule has 0 fully saturated rings. The van der Waals surface area contributed by atoms with Crippen molar-refractivity contribution in [3.05, 3.63) is 84.0 Å². The van der Waals surface area contributed by atoms with Gasteiger partial charge in [-0.05, 0) is 29.8 Å². The topological polar surface area (TPSA) is 63.3 Å².